The van der Waals surface area contributed by atoms with E-state index in [1.807, 2.05) is 0 Å². The third-order valence-corrected chi connectivity index (χ3v) is 5.26. The van der Waals surface area contributed by atoms with Crippen LogP contribution in [0.15, 0.2) is 0 Å². The highest BCUT2D eigenvalue weighted by Crippen LogP contribution is 2.35. The molecule has 1 aromatic rings. The topological polar surface area (TPSA) is 95.6 Å². The Kier molecular flexibility index (Phi) is 4.04. The third kappa shape index (κ3) is 2.92. The minimum atomic E-state index is -0.890. The molecule has 7 nitrogen and oxygen atoms in total. The summed E-state index contributed by atoms with van der Waals surface area (Å²) in [6, 6.07) is 0.0198. The van der Waals surface area contributed by atoms with Gasteiger partial charge in [0.25, 0.3) is 0 Å². The molecule has 0 radical (unpaired) electrons. The molecule has 0 spiro atoms. The number of nitrogens with two attached hydrogens (primary N) is 1. The first-order valence-corrected chi connectivity index (χ1v) is 8.22. The van der Waals surface area contributed by atoms with E-state index in [4.69, 9.17) is 10.8 Å². The van der Waals surface area contributed by atoms with Crippen molar-refractivity contribution < 1.29 is 9.90 Å². The van der Waals surface area contributed by atoms with E-state index < -0.39 is 6.09 Å². The highest BCUT2D eigenvalue weighted by molar-refractivity contribution is 5.66. The first-order valence-electron chi connectivity index (χ1n) is 8.22. The Bertz CT molecular complexity index is 613. The largest absolute Gasteiger partial charge is 0.465 e. The summed E-state index contributed by atoms with van der Waals surface area (Å²) < 4.78 is 0. The fourth-order valence-corrected chi connectivity index (χ4v) is 3.50. The number of anilines is 2. The first kappa shape index (κ1) is 15.8. The normalized spacial score (nSPS) is 21.0. The summed E-state index contributed by atoms with van der Waals surface area (Å²) >= 11 is 0. The maximum absolute atomic E-state index is 11.0. The van der Waals surface area contributed by atoms with Crippen LogP contribution in [0.3, 0.4) is 0 Å². The van der Waals surface area contributed by atoms with Gasteiger partial charge in [-0.1, -0.05) is 13.8 Å². The van der Waals surface area contributed by atoms with Gasteiger partial charge in [-0.25, -0.2) is 9.78 Å². The molecule has 1 saturated heterocycles. The van der Waals surface area contributed by atoms with E-state index in [9.17, 15) is 4.79 Å². The van der Waals surface area contributed by atoms with Gasteiger partial charge in [-0.3, -0.25) is 0 Å². The monoisotopic (exact) mass is 319 g/mol. The van der Waals surface area contributed by atoms with E-state index in [1.54, 1.807) is 7.05 Å². The summed E-state index contributed by atoms with van der Waals surface area (Å²) in [6.07, 6.45) is 2.19. The van der Waals surface area contributed by atoms with E-state index >= 15 is 0 Å². The van der Waals surface area contributed by atoms with Crippen molar-refractivity contribution in [2.24, 2.45) is 11.8 Å². The molecule has 3 N–H and O–H groups in total. The Hall–Kier alpha value is -2.05. The van der Waals surface area contributed by atoms with Crippen molar-refractivity contribution in [3.05, 3.63) is 11.3 Å². The minimum absolute atomic E-state index is 0.0198. The number of fused-ring (bicyclic) bond motifs is 1. The Morgan fingerprint density at radius 2 is 2.09 bits per heavy atom. The molecule has 1 fully saturated rings. The van der Waals surface area contributed by atoms with Crippen molar-refractivity contribution in [3.8, 4) is 0 Å². The van der Waals surface area contributed by atoms with Crippen molar-refractivity contribution in [2.45, 2.75) is 39.2 Å². The Morgan fingerprint density at radius 1 is 1.39 bits per heavy atom. The van der Waals surface area contributed by atoms with Gasteiger partial charge in [-0.05, 0) is 31.1 Å². The molecule has 1 atom stereocenters. The zero-order chi connectivity index (χ0) is 16.7. The highest BCUT2D eigenvalue weighted by atomic mass is 16.4. The summed E-state index contributed by atoms with van der Waals surface area (Å²) in [4.78, 5) is 23.4. The molecule has 3 rings (SSSR count). The number of likely N-dealkylation sites (N-methyl/N-ethyl adjacent to an activating group) is 1. The maximum Gasteiger partial charge on any atom is 0.407 e. The van der Waals surface area contributed by atoms with Gasteiger partial charge in [0, 0.05) is 25.7 Å². The van der Waals surface area contributed by atoms with Gasteiger partial charge < -0.3 is 20.6 Å². The van der Waals surface area contributed by atoms with E-state index in [0.29, 0.717) is 30.9 Å². The minimum Gasteiger partial charge on any atom is -0.465 e. The van der Waals surface area contributed by atoms with Crippen LogP contribution in [-0.2, 0) is 12.8 Å². The molecule has 2 aliphatic rings. The molecule has 1 aromatic heterocycles. The molecule has 126 valence electrons. The summed E-state index contributed by atoms with van der Waals surface area (Å²) in [6.45, 7) is 5.84. The summed E-state index contributed by atoms with van der Waals surface area (Å²) in [5, 5.41) is 9.05. The molecule has 1 amide bonds. The highest BCUT2D eigenvalue weighted by Gasteiger charge is 2.36. The number of nitrogens with zero attached hydrogens (tertiary/aromatic N) is 4. The van der Waals surface area contributed by atoms with E-state index in [2.05, 4.69) is 28.7 Å². The number of rotatable bonds is 3. The fourth-order valence-electron chi connectivity index (χ4n) is 3.50. The number of carboxylic acid groups (broad SMARTS) is 1. The van der Waals surface area contributed by atoms with Gasteiger partial charge in [0.2, 0.25) is 5.95 Å². The number of aromatic nitrogens is 2. The fraction of sp³-hybridized carbons (Fsp3) is 0.688. The summed E-state index contributed by atoms with van der Waals surface area (Å²) in [7, 11) is 1.61. The Labute approximate surface area is 136 Å². The molecule has 1 aliphatic heterocycles. The molecule has 7 heteroatoms. The number of carbonyl (C=O) groups is 1. The van der Waals surface area contributed by atoms with Crippen molar-refractivity contribution in [1.29, 1.82) is 0 Å². The van der Waals surface area contributed by atoms with Crippen LogP contribution in [0.25, 0.3) is 0 Å². The van der Waals surface area contributed by atoms with Crippen LogP contribution < -0.4 is 10.6 Å². The van der Waals surface area contributed by atoms with Crippen LogP contribution in [0.5, 0.6) is 0 Å². The zero-order valence-corrected chi connectivity index (χ0v) is 14.0. The Morgan fingerprint density at radius 3 is 2.70 bits per heavy atom. The lowest BCUT2D eigenvalue weighted by molar-refractivity contribution is 0.129. The van der Waals surface area contributed by atoms with Gasteiger partial charge in [0.1, 0.15) is 5.82 Å². The van der Waals surface area contributed by atoms with Crippen LogP contribution in [0, 0.1) is 11.8 Å². The summed E-state index contributed by atoms with van der Waals surface area (Å²) in [5.74, 6) is 2.51. The van der Waals surface area contributed by atoms with Crippen molar-refractivity contribution in [2.75, 3.05) is 30.8 Å². The van der Waals surface area contributed by atoms with Crippen molar-refractivity contribution in [3.63, 3.8) is 0 Å². The second kappa shape index (κ2) is 5.86. The van der Waals surface area contributed by atoms with Crippen LogP contribution >= 0.6 is 0 Å². The van der Waals surface area contributed by atoms with Crippen LogP contribution in [-0.4, -0.2) is 52.2 Å². The van der Waals surface area contributed by atoms with Gasteiger partial charge in [0.15, 0.2) is 0 Å². The second-order valence-corrected chi connectivity index (χ2v) is 7.03. The van der Waals surface area contributed by atoms with E-state index in [-0.39, 0.29) is 6.04 Å². The van der Waals surface area contributed by atoms with Crippen molar-refractivity contribution >= 4 is 17.9 Å². The molecule has 0 bridgehead atoms. The zero-order valence-electron chi connectivity index (χ0n) is 14.0. The van der Waals surface area contributed by atoms with E-state index in [1.165, 1.54) is 10.5 Å². The molecule has 1 aliphatic carbocycles. The maximum atomic E-state index is 11.0. The van der Waals surface area contributed by atoms with Gasteiger partial charge in [-0.2, -0.15) is 4.98 Å². The lowest BCUT2D eigenvalue weighted by Gasteiger charge is -2.44. The number of hydrogen-bond acceptors (Lipinski definition) is 5. The van der Waals surface area contributed by atoms with Gasteiger partial charge in [0.05, 0.1) is 11.7 Å². The third-order valence-electron chi connectivity index (χ3n) is 5.26. The number of nitrogen functional groups attached to an aromatic ring is 1. The molecule has 2 heterocycles. The van der Waals surface area contributed by atoms with Crippen molar-refractivity contribution in [1.82, 2.24) is 14.9 Å². The smallest absolute Gasteiger partial charge is 0.407 e. The molecule has 0 saturated carbocycles. The predicted molar refractivity (Wildman–Crippen MR) is 88.6 cm³/mol. The summed E-state index contributed by atoms with van der Waals surface area (Å²) in [5.41, 5.74) is 8.19. The molecular formula is C16H25N5O2. The van der Waals surface area contributed by atoms with Gasteiger partial charge in [-0.15, -0.1) is 0 Å². The average molecular weight is 319 g/mol. The van der Waals surface area contributed by atoms with E-state index in [0.717, 1.165) is 30.8 Å². The van der Waals surface area contributed by atoms with Crippen LogP contribution in [0.1, 0.15) is 31.5 Å². The Balaban J connectivity index is 1.79. The predicted octanol–water partition coefficient (Wildman–Crippen LogP) is 1.62. The lowest BCUT2D eigenvalue weighted by atomic mass is 9.80. The average Bonchev–Trinajstić information content (AvgIpc) is 2.44. The second-order valence-electron chi connectivity index (χ2n) is 7.03. The molecular weight excluding hydrogens is 294 g/mol. The molecule has 1 unspecified atom stereocenters. The van der Waals surface area contributed by atoms with Crippen LogP contribution in [0.2, 0.25) is 0 Å². The first-order chi connectivity index (χ1) is 10.9. The van der Waals surface area contributed by atoms with Crippen LogP contribution in [0.4, 0.5) is 16.6 Å². The quantitative estimate of drug-likeness (QED) is 0.879. The number of hydrogen-bond donors (Lipinski definition) is 2. The molecule has 0 aromatic carbocycles. The standard InChI is InChI=1S/C16H25N5O2/c1-9(2)10-4-5-12-13(6-10)18-15(17)19-14(12)21-7-11(8-21)20(3)16(22)23/h9-11H,4-8H2,1-3H3,(H,22,23)(H2,17,18,19). The molecule has 23 heavy (non-hydrogen) atoms. The van der Waals surface area contributed by atoms with Gasteiger partial charge >= 0.3 is 6.09 Å². The SMILES string of the molecule is CC(C)C1CCc2c(nc(N)nc2N2CC(N(C)C(=O)O)C2)C1. The lowest BCUT2D eigenvalue weighted by Crippen LogP contribution is -2.60. The number of amides is 1.